The van der Waals surface area contributed by atoms with Gasteiger partial charge < -0.3 is 13.6 Å². The molecule has 1 saturated heterocycles. The number of amides is 1. The molecular formula is C20H41NO5Si2. The minimum Gasteiger partial charge on any atom is -0.518 e. The third-order valence-electron chi connectivity index (χ3n) is 6.47. The standard InChI is InChI=1S/C20H41NO5Si2/c1-12-24-18(23)21-14-15(25-27(8,9)19(2,3)4)13-16(21)17(22)26-28(10,11)20(5,6)7/h15-16H,12-14H2,1-11H3. The molecule has 0 N–H and O–H groups in total. The summed E-state index contributed by atoms with van der Waals surface area (Å²) in [6.45, 7) is 23.7. The predicted molar refractivity (Wildman–Crippen MR) is 117 cm³/mol. The summed E-state index contributed by atoms with van der Waals surface area (Å²) >= 11 is 0. The summed E-state index contributed by atoms with van der Waals surface area (Å²) in [5, 5.41) is -0.0332. The molecule has 1 fully saturated rings. The number of carbonyl (C=O) groups is 2. The van der Waals surface area contributed by atoms with Crippen LogP contribution in [0, 0.1) is 0 Å². The van der Waals surface area contributed by atoms with Crippen LogP contribution in [0.2, 0.25) is 36.3 Å². The fraction of sp³-hybridized carbons (Fsp3) is 0.900. The van der Waals surface area contributed by atoms with Crippen molar-refractivity contribution in [3.05, 3.63) is 0 Å². The molecule has 28 heavy (non-hydrogen) atoms. The smallest absolute Gasteiger partial charge is 0.410 e. The lowest BCUT2D eigenvalue weighted by molar-refractivity contribution is -0.140. The SMILES string of the molecule is CCOC(=O)N1CC(O[Si](C)(C)C(C)(C)C)CC1C(=O)O[Si](C)(C)C(C)(C)C. The molecule has 6 nitrogen and oxygen atoms in total. The lowest BCUT2D eigenvalue weighted by Gasteiger charge is -2.38. The molecule has 0 aromatic rings. The molecule has 0 aromatic heterocycles. The van der Waals surface area contributed by atoms with Crippen molar-refractivity contribution in [3.63, 3.8) is 0 Å². The summed E-state index contributed by atoms with van der Waals surface area (Å²) in [5.41, 5.74) is 0. The number of hydrogen-bond acceptors (Lipinski definition) is 5. The van der Waals surface area contributed by atoms with Gasteiger partial charge in [0.1, 0.15) is 6.04 Å². The highest BCUT2D eigenvalue weighted by Gasteiger charge is 2.49. The first-order valence-electron chi connectivity index (χ1n) is 10.3. The van der Waals surface area contributed by atoms with Crippen molar-refractivity contribution in [1.29, 1.82) is 0 Å². The van der Waals surface area contributed by atoms with Crippen LogP contribution in [-0.4, -0.2) is 58.9 Å². The van der Waals surface area contributed by atoms with Crippen LogP contribution in [-0.2, 0) is 18.4 Å². The number of ether oxygens (including phenoxy) is 1. The Labute approximate surface area is 173 Å². The van der Waals surface area contributed by atoms with E-state index in [1.165, 1.54) is 4.90 Å². The first-order valence-corrected chi connectivity index (χ1v) is 16.1. The van der Waals surface area contributed by atoms with Gasteiger partial charge in [0.05, 0.1) is 12.7 Å². The largest absolute Gasteiger partial charge is 0.518 e. The number of nitrogens with zero attached hydrogens (tertiary/aromatic N) is 1. The van der Waals surface area contributed by atoms with Crippen LogP contribution in [0.1, 0.15) is 54.9 Å². The van der Waals surface area contributed by atoms with E-state index in [-0.39, 0.29) is 28.8 Å². The molecule has 1 rings (SSSR count). The summed E-state index contributed by atoms with van der Waals surface area (Å²) in [6, 6.07) is -0.650. The summed E-state index contributed by atoms with van der Waals surface area (Å²) in [7, 11) is -4.29. The molecule has 2 unspecified atom stereocenters. The molecule has 8 heteroatoms. The van der Waals surface area contributed by atoms with Gasteiger partial charge in [0.2, 0.25) is 0 Å². The zero-order valence-electron chi connectivity index (χ0n) is 19.8. The highest BCUT2D eigenvalue weighted by molar-refractivity contribution is 6.75. The van der Waals surface area contributed by atoms with Gasteiger partial charge in [0, 0.05) is 13.0 Å². The first-order chi connectivity index (χ1) is 12.4. The van der Waals surface area contributed by atoms with Gasteiger partial charge in [-0.1, -0.05) is 41.5 Å². The van der Waals surface area contributed by atoms with Crippen molar-refractivity contribution in [3.8, 4) is 0 Å². The van der Waals surface area contributed by atoms with Crippen molar-refractivity contribution in [2.45, 2.75) is 103 Å². The van der Waals surface area contributed by atoms with Crippen molar-refractivity contribution < 1.29 is 23.2 Å². The Morgan fingerprint density at radius 2 is 1.46 bits per heavy atom. The maximum atomic E-state index is 13.1. The Hall–Kier alpha value is -0.866. The van der Waals surface area contributed by atoms with E-state index in [9.17, 15) is 9.59 Å². The molecule has 1 aliphatic heterocycles. The Balaban J connectivity index is 3.03. The third kappa shape index (κ3) is 5.82. The summed E-state index contributed by atoms with van der Waals surface area (Å²) < 4.78 is 17.7. The fourth-order valence-corrected chi connectivity index (χ4v) is 4.88. The average molecular weight is 432 g/mol. The van der Waals surface area contributed by atoms with Crippen LogP contribution >= 0.6 is 0 Å². The highest BCUT2D eigenvalue weighted by Crippen LogP contribution is 2.40. The van der Waals surface area contributed by atoms with Crippen molar-refractivity contribution in [1.82, 2.24) is 4.90 Å². The second-order valence-electron chi connectivity index (χ2n) is 10.8. The van der Waals surface area contributed by atoms with Gasteiger partial charge >= 0.3 is 12.1 Å². The van der Waals surface area contributed by atoms with Crippen LogP contribution in [0.4, 0.5) is 4.79 Å². The molecule has 0 bridgehead atoms. The van der Waals surface area contributed by atoms with E-state index in [0.29, 0.717) is 13.0 Å². The van der Waals surface area contributed by atoms with Crippen molar-refractivity contribution in [2.75, 3.05) is 13.2 Å². The lowest BCUT2D eigenvalue weighted by Crippen LogP contribution is -2.49. The summed E-state index contributed by atoms with van der Waals surface area (Å²) in [5.74, 6) is -0.332. The van der Waals surface area contributed by atoms with Crippen LogP contribution in [0.5, 0.6) is 0 Å². The quantitative estimate of drug-likeness (QED) is 0.563. The van der Waals surface area contributed by atoms with E-state index < -0.39 is 28.8 Å². The number of carbonyl (C=O) groups excluding carboxylic acids is 2. The van der Waals surface area contributed by atoms with Gasteiger partial charge in [0.25, 0.3) is 8.32 Å². The maximum Gasteiger partial charge on any atom is 0.410 e. The number of rotatable bonds is 5. The van der Waals surface area contributed by atoms with Crippen LogP contribution in [0.3, 0.4) is 0 Å². The Kier molecular flexibility index (Phi) is 7.62. The van der Waals surface area contributed by atoms with Crippen molar-refractivity contribution >= 4 is 28.7 Å². The molecular weight excluding hydrogens is 390 g/mol. The normalized spacial score (nSPS) is 21.6. The van der Waals surface area contributed by atoms with Crippen LogP contribution < -0.4 is 0 Å². The topological polar surface area (TPSA) is 65.1 Å². The summed E-state index contributed by atoms with van der Waals surface area (Å²) in [6.07, 6.45) is -0.193. The Bertz CT molecular complexity index is 578. The van der Waals surface area contributed by atoms with Gasteiger partial charge in [-0.05, 0) is 43.2 Å². The first kappa shape index (κ1) is 25.2. The van der Waals surface area contributed by atoms with Gasteiger partial charge in [0.15, 0.2) is 8.32 Å². The zero-order chi connectivity index (χ0) is 22.1. The molecule has 1 aliphatic rings. The molecule has 0 radical (unpaired) electrons. The minimum absolute atomic E-state index is 0.0570. The van der Waals surface area contributed by atoms with E-state index in [0.717, 1.165) is 0 Å². The summed E-state index contributed by atoms with van der Waals surface area (Å²) in [4.78, 5) is 27.0. The van der Waals surface area contributed by atoms with Gasteiger partial charge in [-0.2, -0.15) is 0 Å². The van der Waals surface area contributed by atoms with Crippen molar-refractivity contribution in [2.24, 2.45) is 0 Å². The second-order valence-corrected chi connectivity index (χ2v) is 20.3. The van der Waals surface area contributed by atoms with E-state index in [2.05, 4.69) is 54.6 Å². The molecule has 2 atom stereocenters. The molecule has 164 valence electrons. The Morgan fingerprint density at radius 1 is 0.964 bits per heavy atom. The molecule has 0 spiro atoms. The van der Waals surface area contributed by atoms with E-state index in [1.54, 1.807) is 6.92 Å². The highest BCUT2D eigenvalue weighted by atomic mass is 28.4. The van der Waals surface area contributed by atoms with Gasteiger partial charge in [-0.3, -0.25) is 9.69 Å². The predicted octanol–water partition coefficient (Wildman–Crippen LogP) is 5.16. The van der Waals surface area contributed by atoms with E-state index in [4.69, 9.17) is 13.6 Å². The average Bonchev–Trinajstić information content (AvgIpc) is 2.88. The Morgan fingerprint density at radius 3 is 1.89 bits per heavy atom. The van der Waals surface area contributed by atoms with E-state index >= 15 is 0 Å². The molecule has 1 amide bonds. The molecule has 1 heterocycles. The van der Waals surface area contributed by atoms with E-state index in [1.807, 2.05) is 13.1 Å². The molecule has 0 aromatic carbocycles. The van der Waals surface area contributed by atoms with Gasteiger partial charge in [-0.25, -0.2) is 4.79 Å². The number of likely N-dealkylation sites (tertiary alicyclic amines) is 1. The minimum atomic E-state index is -2.28. The third-order valence-corrected chi connectivity index (χ3v) is 15.3. The van der Waals surface area contributed by atoms with Crippen LogP contribution in [0.15, 0.2) is 0 Å². The second kappa shape index (κ2) is 8.48. The maximum absolute atomic E-state index is 13.1. The zero-order valence-corrected chi connectivity index (χ0v) is 21.8. The van der Waals surface area contributed by atoms with Gasteiger partial charge in [-0.15, -0.1) is 0 Å². The molecule has 0 saturated carbocycles. The lowest BCUT2D eigenvalue weighted by atomic mass is 10.2. The van der Waals surface area contributed by atoms with Crippen LogP contribution in [0.25, 0.3) is 0 Å². The fourth-order valence-electron chi connectivity index (χ4n) is 2.58. The number of hydrogen-bond donors (Lipinski definition) is 0. The monoisotopic (exact) mass is 431 g/mol. The molecule has 0 aliphatic carbocycles.